The second-order valence-corrected chi connectivity index (χ2v) is 1.52. The molecule has 0 bridgehead atoms. The van der Waals surface area contributed by atoms with Gasteiger partial charge in [-0.1, -0.05) is 0 Å². The zero-order valence-corrected chi connectivity index (χ0v) is 4.31. The van der Waals surface area contributed by atoms with Crippen LogP contribution in [-0.4, -0.2) is 6.18 Å². The van der Waals surface area contributed by atoms with Gasteiger partial charge >= 0.3 is 6.18 Å². The van der Waals surface area contributed by atoms with Gasteiger partial charge in [-0.15, -0.1) is 0 Å². The Balaban J connectivity index is 2.66. The maximum Gasteiger partial charge on any atom is 0.433 e. The summed E-state index contributed by atoms with van der Waals surface area (Å²) in [6.07, 6.45) is -0.991. The Morgan fingerprint density at radius 3 is 2.22 bits per heavy atom. The summed E-state index contributed by atoms with van der Waals surface area (Å²) in [7, 11) is 0. The van der Waals surface area contributed by atoms with Gasteiger partial charge < -0.3 is 0 Å². The van der Waals surface area contributed by atoms with Crippen molar-refractivity contribution >= 4 is 0 Å². The van der Waals surface area contributed by atoms with E-state index in [4.69, 9.17) is 0 Å². The molecule has 0 aliphatic carbocycles. The number of hydrogen-bond donors (Lipinski definition) is 0. The summed E-state index contributed by atoms with van der Waals surface area (Å²) in [5.74, 6) is 0. The lowest BCUT2D eigenvalue weighted by molar-refractivity contribution is -0.0953. The molecule has 0 N–H and O–H groups in total. The Morgan fingerprint density at radius 2 is 2.00 bits per heavy atom. The van der Waals surface area contributed by atoms with Crippen molar-refractivity contribution in [2.45, 2.75) is 6.18 Å². The number of alkyl halides is 3. The van der Waals surface area contributed by atoms with Crippen LogP contribution in [0.1, 0.15) is 0 Å². The molecule has 0 aromatic rings. The van der Waals surface area contributed by atoms with Crippen LogP contribution in [0.15, 0.2) is 24.0 Å². The third kappa shape index (κ3) is 1.25. The van der Waals surface area contributed by atoms with Crippen LogP contribution >= 0.6 is 0 Å². The first-order valence-corrected chi connectivity index (χ1v) is 2.25. The fourth-order valence-corrected chi connectivity index (χ4v) is 0.468. The maximum atomic E-state index is 11.6. The van der Waals surface area contributed by atoms with Gasteiger partial charge in [-0.2, -0.15) is 13.2 Å². The van der Waals surface area contributed by atoms with Gasteiger partial charge in [0.15, 0.2) is 0 Å². The Labute approximate surface area is 49.9 Å². The molecular weight excluding hydrogens is 131 g/mol. The molecule has 0 spiro atoms. The first-order valence-electron chi connectivity index (χ1n) is 2.25. The quantitative estimate of drug-likeness (QED) is 0.477. The van der Waals surface area contributed by atoms with Gasteiger partial charge in [-0.05, 0) is 12.2 Å². The average molecular weight is 134 g/mol. The lowest BCUT2D eigenvalue weighted by atomic mass is 10.4. The minimum absolute atomic E-state index is 0.831. The lowest BCUT2D eigenvalue weighted by Gasteiger charge is -2.03. The zero-order chi connectivity index (χ0) is 6.91. The molecule has 1 rings (SSSR count). The molecule has 0 fully saturated rings. The van der Waals surface area contributed by atoms with Crippen LogP contribution in [0.25, 0.3) is 0 Å². The second kappa shape index (κ2) is 1.79. The third-order valence-electron chi connectivity index (χ3n) is 0.844. The van der Waals surface area contributed by atoms with Crippen LogP contribution in [-0.2, 0) is 0 Å². The van der Waals surface area contributed by atoms with Crippen molar-refractivity contribution in [3.8, 4) is 0 Å². The van der Waals surface area contributed by atoms with Crippen molar-refractivity contribution in [2.24, 2.45) is 0 Å². The Bertz CT molecular complexity index is 166. The van der Waals surface area contributed by atoms with Gasteiger partial charge in [0.05, 0.1) is 0 Å². The number of halogens is 3. The highest BCUT2D eigenvalue weighted by atomic mass is 19.4. The van der Waals surface area contributed by atoms with Crippen LogP contribution in [0.4, 0.5) is 13.2 Å². The normalized spacial score (nSPS) is 17.4. The predicted molar refractivity (Wildman–Crippen MR) is 25.4 cm³/mol. The SMILES string of the molecule is FC(F)(F)C1=CC=C[N]1. The van der Waals surface area contributed by atoms with Crippen LogP contribution in [0, 0.1) is 0 Å². The van der Waals surface area contributed by atoms with E-state index in [1.807, 2.05) is 0 Å². The highest BCUT2D eigenvalue weighted by Crippen LogP contribution is 2.25. The summed E-state index contributed by atoms with van der Waals surface area (Å²) in [5, 5.41) is 3.06. The van der Waals surface area contributed by atoms with E-state index in [1.165, 1.54) is 6.08 Å². The van der Waals surface area contributed by atoms with E-state index in [-0.39, 0.29) is 0 Å². The molecule has 0 aromatic carbocycles. The standard InChI is InChI=1S/C5H3F3N/c6-5(7,8)4-2-1-3-9-4/h1-3H. The van der Waals surface area contributed by atoms with Crippen molar-refractivity contribution in [1.29, 1.82) is 0 Å². The molecule has 0 amide bonds. The minimum Gasteiger partial charge on any atom is -0.252 e. The Morgan fingerprint density at radius 1 is 1.33 bits per heavy atom. The summed E-state index contributed by atoms with van der Waals surface area (Å²) in [4.78, 5) is 0. The minimum atomic E-state index is -4.29. The van der Waals surface area contributed by atoms with E-state index in [2.05, 4.69) is 5.32 Å². The first kappa shape index (κ1) is 6.19. The van der Waals surface area contributed by atoms with Crippen molar-refractivity contribution in [3.05, 3.63) is 24.0 Å². The first-order chi connectivity index (χ1) is 4.11. The summed E-state index contributed by atoms with van der Waals surface area (Å²) >= 11 is 0. The monoisotopic (exact) mass is 134 g/mol. The van der Waals surface area contributed by atoms with E-state index in [9.17, 15) is 13.2 Å². The third-order valence-corrected chi connectivity index (χ3v) is 0.844. The molecule has 0 atom stereocenters. The number of hydrogen-bond acceptors (Lipinski definition) is 0. The molecule has 0 aromatic heterocycles. The molecule has 49 valence electrons. The topological polar surface area (TPSA) is 14.1 Å². The van der Waals surface area contributed by atoms with Crippen molar-refractivity contribution in [2.75, 3.05) is 0 Å². The molecule has 1 heterocycles. The number of rotatable bonds is 0. The summed E-state index contributed by atoms with van der Waals surface area (Å²) in [6, 6.07) is 0. The van der Waals surface area contributed by atoms with E-state index in [0.717, 1.165) is 12.3 Å². The van der Waals surface area contributed by atoms with E-state index < -0.39 is 11.9 Å². The van der Waals surface area contributed by atoms with Crippen molar-refractivity contribution in [1.82, 2.24) is 5.32 Å². The highest BCUT2D eigenvalue weighted by Gasteiger charge is 2.34. The summed E-state index contributed by atoms with van der Waals surface area (Å²) in [6.45, 7) is 0. The molecule has 0 unspecified atom stereocenters. The molecule has 1 aliphatic heterocycles. The molecule has 9 heavy (non-hydrogen) atoms. The zero-order valence-electron chi connectivity index (χ0n) is 4.31. The van der Waals surface area contributed by atoms with Crippen molar-refractivity contribution < 1.29 is 13.2 Å². The Hall–Kier alpha value is -0.930. The smallest absolute Gasteiger partial charge is 0.252 e. The van der Waals surface area contributed by atoms with Gasteiger partial charge in [-0.25, -0.2) is 0 Å². The summed E-state index contributed by atoms with van der Waals surface area (Å²) < 4.78 is 34.7. The van der Waals surface area contributed by atoms with Crippen LogP contribution in [0.3, 0.4) is 0 Å². The fourth-order valence-electron chi connectivity index (χ4n) is 0.468. The van der Waals surface area contributed by atoms with Gasteiger partial charge in [0.25, 0.3) is 0 Å². The Kier molecular flexibility index (Phi) is 1.23. The van der Waals surface area contributed by atoms with Crippen LogP contribution in [0.2, 0.25) is 0 Å². The van der Waals surface area contributed by atoms with Crippen LogP contribution in [0.5, 0.6) is 0 Å². The van der Waals surface area contributed by atoms with Crippen LogP contribution < -0.4 is 5.32 Å². The van der Waals surface area contributed by atoms with Gasteiger partial charge in [0, 0.05) is 6.20 Å². The lowest BCUT2D eigenvalue weighted by Crippen LogP contribution is -2.15. The fraction of sp³-hybridized carbons (Fsp3) is 0.200. The second-order valence-electron chi connectivity index (χ2n) is 1.52. The van der Waals surface area contributed by atoms with Gasteiger partial charge in [0.1, 0.15) is 5.70 Å². The molecule has 1 nitrogen and oxygen atoms in total. The highest BCUT2D eigenvalue weighted by molar-refractivity contribution is 5.22. The van der Waals surface area contributed by atoms with E-state index >= 15 is 0 Å². The number of allylic oxidation sites excluding steroid dienone is 3. The van der Waals surface area contributed by atoms with Crippen molar-refractivity contribution in [3.63, 3.8) is 0 Å². The molecule has 1 radical (unpaired) electrons. The molecular formula is C5H3F3N. The molecule has 0 saturated heterocycles. The maximum absolute atomic E-state index is 11.6. The molecule has 1 aliphatic rings. The summed E-state index contributed by atoms with van der Waals surface area (Å²) in [5.41, 5.74) is -0.831. The largest absolute Gasteiger partial charge is 0.433 e. The molecule has 4 heteroatoms. The van der Waals surface area contributed by atoms with E-state index in [1.54, 1.807) is 0 Å². The molecule has 0 saturated carbocycles. The van der Waals surface area contributed by atoms with Gasteiger partial charge in [0.2, 0.25) is 0 Å². The average Bonchev–Trinajstić information content (AvgIpc) is 2.08. The number of nitrogens with zero attached hydrogens (tertiary/aromatic N) is 1. The van der Waals surface area contributed by atoms with E-state index in [0.29, 0.717) is 0 Å². The predicted octanol–water partition coefficient (Wildman–Crippen LogP) is 1.56. The van der Waals surface area contributed by atoms with Gasteiger partial charge in [-0.3, -0.25) is 5.32 Å².